The molecule has 2 aromatic rings. The van der Waals surface area contributed by atoms with Crippen molar-refractivity contribution >= 4 is 27.8 Å². The zero-order valence-electron chi connectivity index (χ0n) is 19.5. The highest BCUT2D eigenvalue weighted by Gasteiger charge is 2.33. The lowest BCUT2D eigenvalue weighted by molar-refractivity contribution is 0.0873. The molecule has 0 bridgehead atoms. The molecule has 1 atom stereocenters. The Kier molecular flexibility index (Phi) is 7.05. The zero-order chi connectivity index (χ0) is 25.4. The van der Waals surface area contributed by atoms with E-state index in [1.807, 2.05) is 32.4 Å². The Morgan fingerprint density at radius 2 is 1.82 bits per heavy atom. The van der Waals surface area contributed by atoms with Gasteiger partial charge in [0, 0.05) is 12.7 Å². The van der Waals surface area contributed by atoms with Gasteiger partial charge in [0.25, 0.3) is 10.0 Å². The first-order valence-corrected chi connectivity index (χ1v) is 12.1. The van der Waals surface area contributed by atoms with Gasteiger partial charge in [0.2, 0.25) is 5.88 Å². The second kappa shape index (κ2) is 9.49. The minimum atomic E-state index is -4.38. The first-order chi connectivity index (χ1) is 15.8. The largest absolute Gasteiger partial charge is 0.475 e. The molecule has 186 valence electrons. The number of urea groups is 1. The van der Waals surface area contributed by atoms with Crippen LogP contribution in [0.3, 0.4) is 0 Å². The number of benzene rings is 1. The number of aromatic nitrogens is 2. The van der Waals surface area contributed by atoms with Gasteiger partial charge in [0.1, 0.15) is 12.4 Å². The zero-order valence-corrected chi connectivity index (χ0v) is 20.3. The summed E-state index contributed by atoms with van der Waals surface area (Å²) in [7, 11) is -3.00. The maximum absolute atomic E-state index is 14.1. The smallest absolute Gasteiger partial charge is 0.407 e. The van der Waals surface area contributed by atoms with Crippen LogP contribution in [0, 0.1) is 5.82 Å². The summed E-state index contributed by atoms with van der Waals surface area (Å²) in [4.78, 5) is 24.6. The molecule has 1 unspecified atom stereocenters. The molecule has 0 spiro atoms. The number of sulfonamides is 1. The Bertz CT molecular complexity index is 1180. The van der Waals surface area contributed by atoms with Gasteiger partial charge in [-0.05, 0) is 35.1 Å². The monoisotopic (exact) mass is 497 g/mol. The number of rotatable bonds is 6. The number of fused-ring (bicyclic) bond motifs is 1. The number of anilines is 1. The van der Waals surface area contributed by atoms with Crippen LogP contribution in [-0.2, 0) is 16.6 Å². The highest BCUT2D eigenvalue weighted by Crippen LogP contribution is 2.34. The molecule has 0 aliphatic carbocycles. The van der Waals surface area contributed by atoms with Crippen molar-refractivity contribution in [3.63, 3.8) is 0 Å². The number of carboxylic acid groups (broad SMARTS) is 1. The average molecular weight is 498 g/mol. The van der Waals surface area contributed by atoms with E-state index in [0.29, 0.717) is 16.8 Å². The maximum Gasteiger partial charge on any atom is 0.407 e. The van der Waals surface area contributed by atoms with Gasteiger partial charge in [0.05, 0.1) is 18.8 Å². The van der Waals surface area contributed by atoms with E-state index < -0.39 is 34.0 Å². The first-order valence-electron chi connectivity index (χ1n) is 10.6. The van der Waals surface area contributed by atoms with E-state index >= 15 is 0 Å². The summed E-state index contributed by atoms with van der Waals surface area (Å²) in [5, 5.41) is 15.7. The molecule has 0 radical (unpaired) electrons. The highest BCUT2D eigenvalue weighted by molar-refractivity contribution is 7.90. The van der Waals surface area contributed by atoms with Crippen molar-refractivity contribution in [2.24, 2.45) is 0 Å². The highest BCUT2D eigenvalue weighted by atomic mass is 32.2. The Labute approximate surface area is 196 Å². The fourth-order valence-electron chi connectivity index (χ4n) is 3.66. The number of carbonyl (C=O) groups is 2. The third-order valence-corrected chi connectivity index (χ3v) is 6.88. The standard InChI is InChI=1S/C21H28FN5O6S/c1-11(2)15-6-13(22)7-16(12(3)4)18(15)24-20(28)25-34(31,32)17-8-23-27-9-14(10-33-19(17)27)26(5)21(29)30/h6-8,11-12,14H,9-10H2,1-5H3,(H,29,30)(H2,24,25,28). The number of hydrogen-bond donors (Lipinski definition) is 3. The fraction of sp³-hybridized carbons (Fsp3) is 0.476. The Morgan fingerprint density at radius 1 is 1.24 bits per heavy atom. The van der Waals surface area contributed by atoms with Crippen molar-refractivity contribution in [2.75, 3.05) is 19.0 Å². The predicted molar refractivity (Wildman–Crippen MR) is 121 cm³/mol. The Balaban J connectivity index is 1.83. The van der Waals surface area contributed by atoms with Gasteiger partial charge in [-0.2, -0.15) is 5.10 Å². The molecule has 11 nitrogen and oxygen atoms in total. The van der Waals surface area contributed by atoms with Crippen LogP contribution >= 0.6 is 0 Å². The van der Waals surface area contributed by atoms with Crippen LogP contribution in [0.15, 0.2) is 23.2 Å². The molecule has 0 fully saturated rings. The van der Waals surface area contributed by atoms with E-state index in [1.165, 1.54) is 23.9 Å². The van der Waals surface area contributed by atoms with Gasteiger partial charge < -0.3 is 20.1 Å². The van der Waals surface area contributed by atoms with Crippen LogP contribution in [0.2, 0.25) is 0 Å². The summed E-state index contributed by atoms with van der Waals surface area (Å²) in [6, 6.07) is 1.05. The Morgan fingerprint density at radius 3 is 2.35 bits per heavy atom. The normalized spacial score (nSPS) is 15.6. The summed E-state index contributed by atoms with van der Waals surface area (Å²) >= 11 is 0. The second-order valence-electron chi connectivity index (χ2n) is 8.68. The van der Waals surface area contributed by atoms with E-state index in [-0.39, 0.29) is 35.8 Å². The fourth-order valence-corrected chi connectivity index (χ4v) is 4.64. The summed E-state index contributed by atoms with van der Waals surface area (Å²) < 4.78 is 48.6. The summed E-state index contributed by atoms with van der Waals surface area (Å²) in [6.07, 6.45) is -0.122. The van der Waals surface area contributed by atoms with Gasteiger partial charge in [-0.1, -0.05) is 27.7 Å². The molecule has 0 saturated carbocycles. The van der Waals surface area contributed by atoms with Gasteiger partial charge in [0.15, 0.2) is 4.90 Å². The van der Waals surface area contributed by atoms with Crippen LogP contribution in [0.4, 0.5) is 19.7 Å². The number of ether oxygens (including phenoxy) is 1. The molecule has 0 saturated heterocycles. The molecular weight excluding hydrogens is 469 g/mol. The lowest BCUT2D eigenvalue weighted by Crippen LogP contribution is -2.45. The minimum absolute atomic E-state index is 0.0751. The van der Waals surface area contributed by atoms with Crippen molar-refractivity contribution in [1.82, 2.24) is 19.4 Å². The third-order valence-electron chi connectivity index (χ3n) is 5.57. The number of nitrogens with zero attached hydrogens (tertiary/aromatic N) is 3. The van der Waals surface area contributed by atoms with Gasteiger partial charge in [-0.15, -0.1) is 0 Å². The molecule has 2 heterocycles. The van der Waals surface area contributed by atoms with Crippen LogP contribution in [-0.4, -0.2) is 60.0 Å². The number of amides is 3. The predicted octanol–water partition coefficient (Wildman–Crippen LogP) is 3.15. The van der Waals surface area contributed by atoms with Crippen molar-refractivity contribution in [3.05, 3.63) is 35.3 Å². The molecular formula is C21H28FN5O6S. The topological polar surface area (TPSA) is 143 Å². The van der Waals surface area contributed by atoms with E-state index in [9.17, 15) is 22.4 Å². The lowest BCUT2D eigenvalue weighted by atomic mass is 9.92. The lowest BCUT2D eigenvalue weighted by Gasteiger charge is -2.30. The number of nitrogens with one attached hydrogen (secondary N) is 2. The molecule has 1 aromatic heterocycles. The van der Waals surface area contributed by atoms with Crippen molar-refractivity contribution in [3.8, 4) is 5.88 Å². The van der Waals surface area contributed by atoms with E-state index in [1.54, 1.807) is 0 Å². The minimum Gasteiger partial charge on any atom is -0.475 e. The summed E-state index contributed by atoms with van der Waals surface area (Å²) in [5.41, 5.74) is 1.43. The molecule has 1 aliphatic heterocycles. The number of hydrogen-bond acceptors (Lipinski definition) is 6. The van der Waals surface area contributed by atoms with Crippen LogP contribution < -0.4 is 14.8 Å². The molecule has 1 aromatic carbocycles. The third kappa shape index (κ3) is 5.08. The first kappa shape index (κ1) is 25.3. The number of likely N-dealkylation sites (N-methyl/N-ethyl adjacent to an activating group) is 1. The summed E-state index contributed by atoms with van der Waals surface area (Å²) in [6.45, 7) is 7.36. The van der Waals surface area contributed by atoms with Gasteiger partial charge in [-0.3, -0.25) is 0 Å². The Hall–Kier alpha value is -3.35. The van der Waals surface area contributed by atoms with Gasteiger partial charge in [-0.25, -0.2) is 31.8 Å². The molecule has 3 amide bonds. The van der Waals surface area contributed by atoms with Gasteiger partial charge >= 0.3 is 12.1 Å². The van der Waals surface area contributed by atoms with Crippen LogP contribution in [0.1, 0.15) is 50.7 Å². The summed E-state index contributed by atoms with van der Waals surface area (Å²) in [5.74, 6) is -0.800. The number of carbonyl (C=O) groups excluding carboxylic acids is 1. The van der Waals surface area contributed by atoms with Crippen molar-refractivity contribution in [1.29, 1.82) is 0 Å². The van der Waals surface area contributed by atoms with E-state index in [2.05, 4.69) is 10.4 Å². The van der Waals surface area contributed by atoms with E-state index in [0.717, 1.165) is 11.1 Å². The van der Waals surface area contributed by atoms with E-state index in [4.69, 9.17) is 9.84 Å². The molecule has 1 aliphatic rings. The second-order valence-corrected chi connectivity index (χ2v) is 10.3. The quantitative estimate of drug-likeness (QED) is 0.556. The molecule has 3 rings (SSSR count). The van der Waals surface area contributed by atoms with Crippen molar-refractivity contribution in [2.45, 2.75) is 57.0 Å². The molecule has 13 heteroatoms. The SMILES string of the molecule is CC(C)c1cc(F)cc(C(C)C)c1NC(=O)NS(=O)(=O)c1cnn2c1OCC(N(C)C(=O)O)C2. The maximum atomic E-state index is 14.1. The molecule has 3 N–H and O–H groups in total. The van der Waals surface area contributed by atoms with Crippen molar-refractivity contribution < 1.29 is 32.2 Å². The molecule has 34 heavy (non-hydrogen) atoms. The average Bonchev–Trinajstić information content (AvgIpc) is 3.17. The van der Waals surface area contributed by atoms with Crippen LogP contribution in [0.5, 0.6) is 5.88 Å². The number of halogens is 1. The van der Waals surface area contributed by atoms with Crippen LogP contribution in [0.25, 0.3) is 0 Å².